The lowest BCUT2D eigenvalue weighted by atomic mass is 10.0. The van der Waals surface area contributed by atoms with Gasteiger partial charge < -0.3 is 10.6 Å². The van der Waals surface area contributed by atoms with Crippen LogP contribution >= 0.6 is 27.3 Å². The molecule has 1 rings (SSSR count). The molecular formula is C15H25BrN2OS. The second-order valence-electron chi connectivity index (χ2n) is 5.37. The minimum absolute atomic E-state index is 0.0807. The van der Waals surface area contributed by atoms with Crippen LogP contribution < -0.4 is 5.73 Å². The Kier molecular flexibility index (Phi) is 7.77. The zero-order valence-corrected chi connectivity index (χ0v) is 15.0. The number of amides is 1. The molecule has 0 aliphatic rings. The van der Waals surface area contributed by atoms with Gasteiger partial charge in [-0.25, -0.2) is 0 Å². The minimum Gasteiger partial charge on any atom is -0.338 e. The summed E-state index contributed by atoms with van der Waals surface area (Å²) in [7, 11) is 0. The second-order valence-corrected chi connectivity index (χ2v) is 7.92. The number of hydrogen-bond acceptors (Lipinski definition) is 3. The van der Waals surface area contributed by atoms with Gasteiger partial charge in [-0.2, -0.15) is 0 Å². The van der Waals surface area contributed by atoms with Crippen LogP contribution in [0.25, 0.3) is 0 Å². The monoisotopic (exact) mass is 360 g/mol. The molecule has 5 heteroatoms. The lowest BCUT2D eigenvalue weighted by Crippen LogP contribution is -2.34. The molecule has 1 aromatic heterocycles. The minimum atomic E-state index is 0.0807. The number of halogens is 1. The normalized spacial score (nSPS) is 14.1. The van der Waals surface area contributed by atoms with E-state index in [1.165, 1.54) is 4.88 Å². The van der Waals surface area contributed by atoms with Crippen LogP contribution in [0.3, 0.4) is 0 Å². The van der Waals surface area contributed by atoms with Crippen molar-refractivity contribution in [3.63, 3.8) is 0 Å². The van der Waals surface area contributed by atoms with Crippen molar-refractivity contribution in [3.8, 4) is 0 Å². The Bertz CT molecular complexity index is 420. The Morgan fingerprint density at radius 3 is 2.60 bits per heavy atom. The average Bonchev–Trinajstić information content (AvgIpc) is 2.80. The zero-order chi connectivity index (χ0) is 15.1. The van der Waals surface area contributed by atoms with Crippen molar-refractivity contribution in [3.05, 3.63) is 20.8 Å². The molecule has 0 bridgehead atoms. The second kappa shape index (κ2) is 8.80. The number of nitrogens with zero attached hydrogens (tertiary/aromatic N) is 1. The number of thiophene rings is 1. The van der Waals surface area contributed by atoms with Gasteiger partial charge in [0.05, 0.1) is 10.3 Å². The summed E-state index contributed by atoms with van der Waals surface area (Å²) in [5, 5.41) is 0. The van der Waals surface area contributed by atoms with Crippen molar-refractivity contribution in [1.82, 2.24) is 4.90 Å². The largest absolute Gasteiger partial charge is 0.338 e. The fourth-order valence-corrected chi connectivity index (χ4v) is 3.65. The SMILES string of the molecule is CCN(Cc1ccc(Br)s1)C(=O)C(C)CCCC(C)N. The van der Waals surface area contributed by atoms with Gasteiger partial charge in [0, 0.05) is 23.4 Å². The van der Waals surface area contributed by atoms with E-state index < -0.39 is 0 Å². The molecule has 1 heterocycles. The summed E-state index contributed by atoms with van der Waals surface area (Å²) in [4.78, 5) is 15.6. The van der Waals surface area contributed by atoms with E-state index in [2.05, 4.69) is 22.0 Å². The molecule has 0 aromatic carbocycles. The Balaban J connectivity index is 2.49. The maximum Gasteiger partial charge on any atom is 0.225 e. The summed E-state index contributed by atoms with van der Waals surface area (Å²) in [6.07, 6.45) is 2.93. The summed E-state index contributed by atoms with van der Waals surface area (Å²) in [5.74, 6) is 0.332. The van der Waals surface area contributed by atoms with E-state index in [1.54, 1.807) is 11.3 Å². The van der Waals surface area contributed by atoms with E-state index in [9.17, 15) is 4.79 Å². The van der Waals surface area contributed by atoms with E-state index in [0.29, 0.717) is 6.54 Å². The predicted octanol–water partition coefficient (Wildman–Crippen LogP) is 4.01. The summed E-state index contributed by atoms with van der Waals surface area (Å²) >= 11 is 5.15. The van der Waals surface area contributed by atoms with E-state index in [1.807, 2.05) is 31.7 Å². The molecule has 114 valence electrons. The van der Waals surface area contributed by atoms with Crippen molar-refractivity contribution < 1.29 is 4.79 Å². The summed E-state index contributed by atoms with van der Waals surface area (Å²) in [6.45, 7) is 7.54. The molecule has 0 spiro atoms. The van der Waals surface area contributed by atoms with Crippen LogP contribution in [0.2, 0.25) is 0 Å². The van der Waals surface area contributed by atoms with Gasteiger partial charge in [0.2, 0.25) is 5.91 Å². The molecule has 20 heavy (non-hydrogen) atoms. The third-order valence-corrected chi connectivity index (χ3v) is 5.00. The molecule has 0 saturated heterocycles. The molecule has 1 aromatic rings. The zero-order valence-electron chi connectivity index (χ0n) is 12.6. The molecule has 2 unspecified atom stereocenters. The first kappa shape index (κ1) is 17.7. The third kappa shape index (κ3) is 5.94. The molecule has 1 amide bonds. The van der Waals surface area contributed by atoms with Crippen LogP contribution in [0.5, 0.6) is 0 Å². The number of carbonyl (C=O) groups excluding carboxylic acids is 1. The van der Waals surface area contributed by atoms with Crippen molar-refractivity contribution in [2.75, 3.05) is 6.54 Å². The van der Waals surface area contributed by atoms with Crippen molar-refractivity contribution in [1.29, 1.82) is 0 Å². The summed E-state index contributed by atoms with van der Waals surface area (Å²) in [5.41, 5.74) is 5.75. The van der Waals surface area contributed by atoms with Gasteiger partial charge in [0.15, 0.2) is 0 Å². The van der Waals surface area contributed by atoms with Crippen LogP contribution in [-0.2, 0) is 11.3 Å². The van der Waals surface area contributed by atoms with Crippen LogP contribution in [0.4, 0.5) is 0 Å². The fourth-order valence-electron chi connectivity index (χ4n) is 2.15. The molecule has 2 atom stereocenters. The van der Waals surface area contributed by atoms with Gasteiger partial charge in [-0.15, -0.1) is 11.3 Å². The Hall–Kier alpha value is -0.390. The van der Waals surface area contributed by atoms with Gasteiger partial charge in [0.25, 0.3) is 0 Å². The highest BCUT2D eigenvalue weighted by atomic mass is 79.9. The fraction of sp³-hybridized carbons (Fsp3) is 0.667. The maximum absolute atomic E-state index is 12.4. The Morgan fingerprint density at radius 2 is 2.10 bits per heavy atom. The number of hydrogen-bond donors (Lipinski definition) is 1. The van der Waals surface area contributed by atoms with Gasteiger partial charge in [-0.1, -0.05) is 13.3 Å². The van der Waals surface area contributed by atoms with Crippen molar-refractivity contribution >= 4 is 33.2 Å². The molecule has 0 aliphatic carbocycles. The van der Waals surface area contributed by atoms with E-state index in [-0.39, 0.29) is 17.9 Å². The van der Waals surface area contributed by atoms with Gasteiger partial charge in [-0.05, 0) is 54.8 Å². The van der Waals surface area contributed by atoms with Crippen molar-refractivity contribution in [2.24, 2.45) is 11.7 Å². The first-order valence-electron chi connectivity index (χ1n) is 7.22. The first-order valence-corrected chi connectivity index (χ1v) is 8.83. The van der Waals surface area contributed by atoms with E-state index in [4.69, 9.17) is 5.73 Å². The lowest BCUT2D eigenvalue weighted by Gasteiger charge is -2.24. The van der Waals surface area contributed by atoms with Crippen LogP contribution in [0.15, 0.2) is 15.9 Å². The van der Waals surface area contributed by atoms with Crippen LogP contribution in [0, 0.1) is 5.92 Å². The standard InChI is InChI=1S/C15H25BrN2OS/c1-4-18(10-13-8-9-14(16)20-13)15(19)11(2)6-5-7-12(3)17/h8-9,11-12H,4-7,10,17H2,1-3H3. The molecule has 0 aliphatic heterocycles. The molecular weight excluding hydrogens is 336 g/mol. The lowest BCUT2D eigenvalue weighted by molar-refractivity contribution is -0.135. The molecule has 2 N–H and O–H groups in total. The van der Waals surface area contributed by atoms with Crippen molar-refractivity contribution in [2.45, 2.75) is 52.6 Å². The topological polar surface area (TPSA) is 46.3 Å². The number of rotatable bonds is 8. The van der Waals surface area contributed by atoms with Gasteiger partial charge in [0.1, 0.15) is 0 Å². The van der Waals surface area contributed by atoms with Crippen LogP contribution in [-0.4, -0.2) is 23.4 Å². The highest BCUT2D eigenvalue weighted by Gasteiger charge is 2.19. The Morgan fingerprint density at radius 1 is 1.40 bits per heavy atom. The van der Waals surface area contributed by atoms with Crippen LogP contribution in [0.1, 0.15) is 44.9 Å². The molecule has 0 radical (unpaired) electrons. The quantitative estimate of drug-likeness (QED) is 0.760. The number of nitrogens with two attached hydrogens (primary N) is 1. The highest BCUT2D eigenvalue weighted by molar-refractivity contribution is 9.11. The predicted molar refractivity (Wildman–Crippen MR) is 89.8 cm³/mol. The molecule has 3 nitrogen and oxygen atoms in total. The summed E-state index contributed by atoms with van der Waals surface area (Å²) in [6, 6.07) is 4.33. The Labute approximate surface area is 134 Å². The molecule has 0 saturated carbocycles. The van der Waals surface area contributed by atoms with E-state index >= 15 is 0 Å². The molecule has 0 fully saturated rings. The third-order valence-electron chi connectivity index (χ3n) is 3.39. The smallest absolute Gasteiger partial charge is 0.225 e. The maximum atomic E-state index is 12.4. The first-order chi connectivity index (χ1) is 9.43. The van der Waals surface area contributed by atoms with Gasteiger partial charge in [-0.3, -0.25) is 4.79 Å². The number of carbonyl (C=O) groups is 1. The highest BCUT2D eigenvalue weighted by Crippen LogP contribution is 2.24. The average molecular weight is 361 g/mol. The summed E-state index contributed by atoms with van der Waals surface area (Å²) < 4.78 is 1.11. The van der Waals surface area contributed by atoms with E-state index in [0.717, 1.165) is 29.6 Å². The van der Waals surface area contributed by atoms with Gasteiger partial charge >= 0.3 is 0 Å².